The maximum absolute atomic E-state index is 3.72. The third-order valence-corrected chi connectivity index (χ3v) is 5.92. The third kappa shape index (κ3) is 4.39. The lowest BCUT2D eigenvalue weighted by atomic mass is 10.0. The molecule has 0 radical (unpaired) electrons. The number of rotatable bonds is 5. The zero-order valence-electron chi connectivity index (χ0n) is 12.1. The molecule has 0 bridgehead atoms. The van der Waals surface area contributed by atoms with Crippen molar-refractivity contribution >= 4 is 27.3 Å². The predicted molar refractivity (Wildman–Crippen MR) is 93.6 cm³/mol. The molecule has 0 amide bonds. The van der Waals surface area contributed by atoms with Crippen molar-refractivity contribution in [2.45, 2.75) is 32.0 Å². The van der Waals surface area contributed by atoms with Crippen molar-refractivity contribution in [2.75, 3.05) is 13.1 Å². The minimum Gasteiger partial charge on any atom is -0.308 e. The molecular weight excluding hydrogens is 344 g/mol. The summed E-state index contributed by atoms with van der Waals surface area (Å²) in [5.41, 5.74) is 1.42. The first kappa shape index (κ1) is 15.2. The second-order valence-corrected chi connectivity index (χ2v) is 7.49. The van der Waals surface area contributed by atoms with E-state index in [1.165, 1.54) is 34.3 Å². The van der Waals surface area contributed by atoms with E-state index in [9.17, 15) is 0 Å². The highest BCUT2D eigenvalue weighted by Gasteiger charge is 2.19. The largest absolute Gasteiger partial charge is 0.308 e. The molecular formula is C17H21BrN2S. The number of nitrogens with one attached hydrogen (secondary N) is 1. The Kier molecular flexibility index (Phi) is 5.47. The fourth-order valence-electron chi connectivity index (χ4n) is 2.90. The van der Waals surface area contributed by atoms with Gasteiger partial charge in [-0.05, 0) is 52.3 Å². The molecule has 0 saturated carbocycles. The minimum atomic E-state index is 0.608. The summed E-state index contributed by atoms with van der Waals surface area (Å²) in [6.07, 6.45) is 2.57. The molecule has 2 nitrogen and oxygen atoms in total. The molecule has 1 saturated heterocycles. The first-order valence-electron chi connectivity index (χ1n) is 7.53. The quantitative estimate of drug-likeness (QED) is 0.852. The Hall–Kier alpha value is -0.680. The fourth-order valence-corrected chi connectivity index (χ4v) is 4.34. The maximum Gasteiger partial charge on any atom is 0.0327 e. The van der Waals surface area contributed by atoms with Gasteiger partial charge in [-0.25, -0.2) is 0 Å². The molecule has 1 aliphatic rings. The lowest BCUT2D eigenvalue weighted by Gasteiger charge is -2.33. The van der Waals surface area contributed by atoms with Crippen molar-refractivity contribution in [3.63, 3.8) is 0 Å². The van der Waals surface area contributed by atoms with Crippen LogP contribution >= 0.6 is 27.3 Å². The van der Waals surface area contributed by atoms with Crippen LogP contribution in [0.1, 0.15) is 23.3 Å². The summed E-state index contributed by atoms with van der Waals surface area (Å²) in [5.74, 6) is 0. The van der Waals surface area contributed by atoms with E-state index in [2.05, 4.69) is 67.9 Å². The monoisotopic (exact) mass is 364 g/mol. The average molecular weight is 365 g/mol. The maximum atomic E-state index is 3.72. The number of hydrogen-bond acceptors (Lipinski definition) is 3. The van der Waals surface area contributed by atoms with Gasteiger partial charge in [-0.2, -0.15) is 0 Å². The third-order valence-electron chi connectivity index (χ3n) is 4.00. The van der Waals surface area contributed by atoms with E-state index in [1.54, 1.807) is 0 Å². The first-order chi connectivity index (χ1) is 10.3. The number of halogens is 1. The van der Waals surface area contributed by atoms with Gasteiger partial charge in [0.25, 0.3) is 0 Å². The van der Waals surface area contributed by atoms with Gasteiger partial charge in [-0.1, -0.05) is 30.3 Å². The topological polar surface area (TPSA) is 15.3 Å². The normalized spacial score (nSPS) is 19.8. The molecule has 0 spiro atoms. The molecule has 1 aromatic heterocycles. The molecule has 1 atom stereocenters. The summed E-state index contributed by atoms with van der Waals surface area (Å²) < 4.78 is 1.23. The second kappa shape index (κ2) is 7.54. The van der Waals surface area contributed by atoms with Gasteiger partial charge in [-0.3, -0.25) is 4.90 Å². The van der Waals surface area contributed by atoms with E-state index in [-0.39, 0.29) is 0 Å². The number of thiophene rings is 1. The van der Waals surface area contributed by atoms with Crippen molar-refractivity contribution in [1.29, 1.82) is 0 Å². The zero-order chi connectivity index (χ0) is 14.5. The van der Waals surface area contributed by atoms with Crippen LogP contribution in [0.5, 0.6) is 0 Å². The summed E-state index contributed by atoms with van der Waals surface area (Å²) in [5, 5.41) is 5.86. The van der Waals surface area contributed by atoms with E-state index in [0.29, 0.717) is 6.04 Å². The lowest BCUT2D eigenvalue weighted by Crippen LogP contribution is -2.44. The average Bonchev–Trinajstić information content (AvgIpc) is 2.92. The van der Waals surface area contributed by atoms with Gasteiger partial charge in [0.1, 0.15) is 0 Å². The van der Waals surface area contributed by atoms with Crippen molar-refractivity contribution < 1.29 is 0 Å². The number of benzene rings is 1. The Balaban J connectivity index is 1.50. The molecule has 21 heavy (non-hydrogen) atoms. The molecule has 3 rings (SSSR count). The summed E-state index contributed by atoms with van der Waals surface area (Å²) in [7, 11) is 0. The Morgan fingerprint density at radius 3 is 2.86 bits per heavy atom. The van der Waals surface area contributed by atoms with E-state index in [0.717, 1.165) is 19.6 Å². The lowest BCUT2D eigenvalue weighted by molar-refractivity contribution is 0.183. The molecule has 2 aromatic rings. The fraction of sp³-hybridized carbons (Fsp3) is 0.412. The van der Waals surface area contributed by atoms with Crippen LogP contribution in [-0.4, -0.2) is 24.0 Å². The van der Waals surface area contributed by atoms with E-state index in [1.807, 2.05) is 11.3 Å². The van der Waals surface area contributed by atoms with Crippen molar-refractivity contribution in [3.8, 4) is 0 Å². The van der Waals surface area contributed by atoms with Crippen LogP contribution in [0.25, 0.3) is 0 Å². The highest BCUT2D eigenvalue weighted by atomic mass is 79.9. The van der Waals surface area contributed by atoms with Crippen LogP contribution in [0.2, 0.25) is 0 Å². The van der Waals surface area contributed by atoms with Crippen LogP contribution in [-0.2, 0) is 13.1 Å². The van der Waals surface area contributed by atoms with Crippen LogP contribution < -0.4 is 5.32 Å². The van der Waals surface area contributed by atoms with Gasteiger partial charge in [-0.15, -0.1) is 11.3 Å². The Labute approximate surface area is 139 Å². The molecule has 1 aromatic carbocycles. The SMILES string of the molecule is Brc1ccsc1CNC1CCCN(Cc2ccccc2)C1. The molecule has 2 heterocycles. The molecule has 112 valence electrons. The van der Waals surface area contributed by atoms with Gasteiger partial charge >= 0.3 is 0 Å². The molecule has 1 unspecified atom stereocenters. The Bertz CT molecular complexity index is 555. The van der Waals surface area contributed by atoms with Gasteiger partial charge in [0.05, 0.1) is 0 Å². The first-order valence-corrected chi connectivity index (χ1v) is 9.20. The van der Waals surface area contributed by atoms with Crippen LogP contribution in [0.3, 0.4) is 0 Å². The molecule has 1 fully saturated rings. The van der Waals surface area contributed by atoms with E-state index < -0.39 is 0 Å². The number of likely N-dealkylation sites (tertiary alicyclic amines) is 1. The smallest absolute Gasteiger partial charge is 0.0327 e. The van der Waals surface area contributed by atoms with Gasteiger partial charge in [0, 0.05) is 35.0 Å². The van der Waals surface area contributed by atoms with Crippen molar-refractivity contribution in [1.82, 2.24) is 10.2 Å². The Morgan fingerprint density at radius 2 is 2.10 bits per heavy atom. The second-order valence-electron chi connectivity index (χ2n) is 5.63. The summed E-state index contributed by atoms with van der Waals surface area (Å²) in [6, 6.07) is 13.5. The Morgan fingerprint density at radius 1 is 1.24 bits per heavy atom. The summed E-state index contributed by atoms with van der Waals surface area (Å²) >= 11 is 5.43. The van der Waals surface area contributed by atoms with Gasteiger partial charge in [0.15, 0.2) is 0 Å². The minimum absolute atomic E-state index is 0.608. The van der Waals surface area contributed by atoms with E-state index in [4.69, 9.17) is 0 Å². The van der Waals surface area contributed by atoms with Crippen LogP contribution in [0.4, 0.5) is 0 Å². The number of piperidine rings is 1. The molecule has 1 N–H and O–H groups in total. The zero-order valence-corrected chi connectivity index (χ0v) is 14.5. The van der Waals surface area contributed by atoms with Crippen molar-refractivity contribution in [3.05, 3.63) is 56.7 Å². The van der Waals surface area contributed by atoms with Crippen LogP contribution in [0, 0.1) is 0 Å². The van der Waals surface area contributed by atoms with E-state index >= 15 is 0 Å². The standard InChI is InChI=1S/C17H21BrN2S/c18-16-8-10-21-17(16)11-19-15-7-4-9-20(13-15)12-14-5-2-1-3-6-14/h1-3,5-6,8,10,15,19H,4,7,9,11-13H2. The molecule has 1 aliphatic heterocycles. The highest BCUT2D eigenvalue weighted by Crippen LogP contribution is 2.23. The summed E-state index contributed by atoms with van der Waals surface area (Å²) in [6.45, 7) is 4.41. The number of hydrogen-bond donors (Lipinski definition) is 1. The van der Waals surface area contributed by atoms with Crippen molar-refractivity contribution in [2.24, 2.45) is 0 Å². The van der Waals surface area contributed by atoms with Gasteiger partial charge in [0.2, 0.25) is 0 Å². The molecule has 0 aliphatic carbocycles. The predicted octanol–water partition coefficient (Wildman–Crippen LogP) is 4.26. The molecule has 4 heteroatoms. The van der Waals surface area contributed by atoms with Gasteiger partial charge < -0.3 is 5.32 Å². The highest BCUT2D eigenvalue weighted by molar-refractivity contribution is 9.10. The van der Waals surface area contributed by atoms with Crippen LogP contribution in [0.15, 0.2) is 46.3 Å². The number of nitrogens with zero attached hydrogens (tertiary/aromatic N) is 1. The summed E-state index contributed by atoms with van der Waals surface area (Å²) in [4.78, 5) is 3.97.